The van der Waals surface area contributed by atoms with Gasteiger partial charge in [-0.2, -0.15) is 0 Å². The Morgan fingerprint density at radius 1 is 1.19 bits per heavy atom. The average Bonchev–Trinajstić information content (AvgIpc) is 2.54. The molecule has 2 atom stereocenters. The van der Waals surface area contributed by atoms with Gasteiger partial charge in [0.1, 0.15) is 5.69 Å². The van der Waals surface area contributed by atoms with E-state index in [4.69, 9.17) is 5.53 Å². The average molecular weight is 356 g/mol. The van der Waals surface area contributed by atoms with E-state index in [2.05, 4.69) is 23.9 Å². The van der Waals surface area contributed by atoms with Crippen molar-refractivity contribution in [2.45, 2.75) is 47.1 Å². The summed E-state index contributed by atoms with van der Waals surface area (Å²) in [5.41, 5.74) is 9.39. The summed E-state index contributed by atoms with van der Waals surface area (Å²) >= 11 is 0. The number of nitrogens with one attached hydrogen (secondary N) is 1. The third kappa shape index (κ3) is 3.34. The minimum absolute atomic E-state index is 0.0556. The van der Waals surface area contributed by atoms with E-state index < -0.39 is 29.0 Å². The van der Waals surface area contributed by atoms with Crippen molar-refractivity contribution in [1.82, 2.24) is 4.98 Å². The molecule has 26 heavy (non-hydrogen) atoms. The molecule has 7 heteroatoms. The van der Waals surface area contributed by atoms with Crippen LogP contribution in [0.3, 0.4) is 0 Å². The van der Waals surface area contributed by atoms with Crippen molar-refractivity contribution in [2.75, 3.05) is 0 Å². The first-order valence-electron chi connectivity index (χ1n) is 8.52. The predicted octanol–water partition coefficient (Wildman–Crippen LogP) is 3.11. The van der Waals surface area contributed by atoms with E-state index >= 15 is 0 Å². The highest BCUT2D eigenvalue weighted by Gasteiger charge is 2.41. The van der Waals surface area contributed by atoms with Crippen molar-refractivity contribution in [3.05, 3.63) is 44.3 Å². The number of carbonyl (C=O) groups is 3. The minimum atomic E-state index is -1.78. The molecule has 1 aromatic rings. The Kier molecular flexibility index (Phi) is 5.49. The van der Waals surface area contributed by atoms with E-state index in [-0.39, 0.29) is 22.7 Å². The molecule has 0 spiro atoms. The lowest BCUT2D eigenvalue weighted by atomic mass is 9.82. The zero-order valence-electron chi connectivity index (χ0n) is 15.5. The minimum Gasteiger partial charge on any atom is -0.711 e. The lowest BCUT2D eigenvalue weighted by Crippen LogP contribution is -2.42. The van der Waals surface area contributed by atoms with Gasteiger partial charge in [0.25, 0.3) is 5.56 Å². The first-order valence-corrected chi connectivity index (χ1v) is 8.52. The molecule has 0 fully saturated rings. The van der Waals surface area contributed by atoms with Crippen molar-refractivity contribution in [3.8, 4) is 0 Å². The molecule has 0 amide bonds. The van der Waals surface area contributed by atoms with E-state index in [1.807, 2.05) is 13.0 Å². The summed E-state index contributed by atoms with van der Waals surface area (Å²) in [5, 5.41) is 2.78. The van der Waals surface area contributed by atoms with Crippen LogP contribution in [0.4, 0.5) is 0 Å². The number of pyridine rings is 1. The van der Waals surface area contributed by atoms with Crippen molar-refractivity contribution < 1.29 is 14.4 Å². The molecule has 138 valence electrons. The monoisotopic (exact) mass is 356 g/mol. The highest BCUT2D eigenvalue weighted by atomic mass is 16.2. The summed E-state index contributed by atoms with van der Waals surface area (Å²) in [6.45, 7) is 9.54. The molecule has 1 aromatic heterocycles. The van der Waals surface area contributed by atoms with Gasteiger partial charge in [0.15, 0.2) is 11.8 Å². The number of fused-ring (bicyclic) bond motifs is 1. The Bertz CT molecular complexity index is 893. The molecule has 7 nitrogen and oxygen atoms in total. The smallest absolute Gasteiger partial charge is 0.252 e. The summed E-state index contributed by atoms with van der Waals surface area (Å²) < 4.78 is 0. The van der Waals surface area contributed by atoms with Crippen molar-refractivity contribution in [3.63, 3.8) is 0 Å². The lowest BCUT2D eigenvalue weighted by molar-refractivity contribution is -0.115. The molecule has 0 bridgehead atoms. The van der Waals surface area contributed by atoms with Crippen LogP contribution in [-0.2, 0) is 4.79 Å². The molecular formula is C19H22N3O4-. The number of rotatable bonds is 5. The normalized spacial score (nSPS) is 18.9. The Morgan fingerprint density at radius 2 is 1.81 bits per heavy atom. The Labute approximate surface area is 151 Å². The summed E-state index contributed by atoms with van der Waals surface area (Å²) in [5.74, 6) is -2.29. The summed E-state index contributed by atoms with van der Waals surface area (Å²) in [7, 11) is 0. The molecule has 1 aliphatic carbocycles. The fraction of sp³-hybridized carbons (Fsp3) is 0.474. The van der Waals surface area contributed by atoms with Crippen LogP contribution in [0.25, 0.3) is 11.1 Å². The van der Waals surface area contributed by atoms with E-state index in [1.165, 1.54) is 0 Å². The van der Waals surface area contributed by atoms with Gasteiger partial charge in [-0.1, -0.05) is 26.8 Å². The highest BCUT2D eigenvalue weighted by molar-refractivity contribution is 6.53. The van der Waals surface area contributed by atoms with Crippen LogP contribution in [0.5, 0.6) is 0 Å². The van der Waals surface area contributed by atoms with Gasteiger partial charge in [0.2, 0.25) is 11.6 Å². The molecule has 0 radical (unpaired) electrons. The van der Waals surface area contributed by atoms with Crippen LogP contribution in [-0.4, -0.2) is 28.4 Å². The standard InChI is InChI=1S/C19H22N3O4/c1-8(2)6-9(3)7-10(4)12-11(5)19(26)21-14-13(12)16(23)15(22-20)18(25)17(14)24/h7-9,15H,6H2,1-5H3,(H,21,26)/q-1. The molecule has 0 saturated carbocycles. The second kappa shape index (κ2) is 7.27. The van der Waals surface area contributed by atoms with Crippen LogP contribution in [0.2, 0.25) is 0 Å². The van der Waals surface area contributed by atoms with E-state index in [0.717, 1.165) is 6.42 Å². The van der Waals surface area contributed by atoms with Crippen LogP contribution in [0.1, 0.15) is 66.1 Å². The maximum atomic E-state index is 12.7. The third-order valence-corrected chi connectivity index (χ3v) is 4.54. The number of hydrogen-bond donors (Lipinski definition) is 1. The second-order valence-corrected chi connectivity index (χ2v) is 7.24. The quantitative estimate of drug-likeness (QED) is 0.495. The third-order valence-electron chi connectivity index (χ3n) is 4.54. The highest BCUT2D eigenvalue weighted by Crippen LogP contribution is 2.30. The number of aromatic amines is 1. The van der Waals surface area contributed by atoms with E-state index in [0.29, 0.717) is 17.1 Å². The van der Waals surface area contributed by atoms with E-state index in [9.17, 15) is 19.2 Å². The molecule has 2 rings (SSSR count). The first kappa shape index (κ1) is 19.6. The maximum absolute atomic E-state index is 12.7. The fourth-order valence-electron chi connectivity index (χ4n) is 3.54. The Balaban J connectivity index is 2.74. The molecule has 0 saturated heterocycles. The van der Waals surface area contributed by atoms with Gasteiger partial charge in [0.05, 0.1) is 5.56 Å². The maximum Gasteiger partial charge on any atom is 0.252 e. The van der Waals surface area contributed by atoms with Crippen LogP contribution in [0.15, 0.2) is 16.0 Å². The Hall–Kier alpha value is -2.70. The zero-order valence-corrected chi connectivity index (χ0v) is 15.5. The largest absolute Gasteiger partial charge is 0.711 e. The number of nitrogens with zero attached hydrogens (tertiary/aromatic N) is 2. The number of hydrogen-bond acceptors (Lipinski definition) is 5. The summed E-state index contributed by atoms with van der Waals surface area (Å²) in [4.78, 5) is 51.5. The van der Waals surface area contributed by atoms with Crippen molar-refractivity contribution in [1.29, 1.82) is 0 Å². The molecular weight excluding hydrogens is 334 g/mol. The van der Waals surface area contributed by atoms with E-state index in [1.54, 1.807) is 13.8 Å². The summed E-state index contributed by atoms with van der Waals surface area (Å²) in [6.07, 6.45) is 2.86. The zero-order chi connectivity index (χ0) is 19.8. The molecule has 0 aliphatic heterocycles. The number of H-pyrrole nitrogens is 1. The van der Waals surface area contributed by atoms with Crippen molar-refractivity contribution >= 4 is 22.9 Å². The van der Waals surface area contributed by atoms with Gasteiger partial charge in [0, 0.05) is 5.56 Å². The van der Waals surface area contributed by atoms with Gasteiger partial charge >= 0.3 is 0 Å². The SMILES string of the molecule is CC(=CC(C)CC(C)C)c1c2c([nH]c(=O)c1C)C(=O)C(=O)C(N=[N-])C2=O. The summed E-state index contributed by atoms with van der Waals surface area (Å²) in [6, 6.07) is -1.78. The van der Waals surface area contributed by atoms with Crippen LogP contribution >= 0.6 is 0 Å². The molecule has 1 aliphatic rings. The first-order chi connectivity index (χ1) is 12.1. The van der Waals surface area contributed by atoms with Gasteiger partial charge in [-0.15, -0.1) is 0 Å². The Morgan fingerprint density at radius 3 is 2.35 bits per heavy atom. The predicted molar refractivity (Wildman–Crippen MR) is 97.3 cm³/mol. The van der Waals surface area contributed by atoms with Crippen molar-refractivity contribution in [2.24, 2.45) is 17.0 Å². The fourth-order valence-corrected chi connectivity index (χ4v) is 3.54. The molecule has 1 N–H and O–H groups in total. The van der Waals surface area contributed by atoms with Gasteiger partial charge in [-0.25, -0.2) is 0 Å². The topological polar surface area (TPSA) is 119 Å². The van der Waals surface area contributed by atoms with Gasteiger partial charge < -0.3 is 15.6 Å². The number of aromatic nitrogens is 1. The molecule has 0 aromatic carbocycles. The number of carbonyl (C=O) groups excluding carboxylic acids is 3. The van der Waals surface area contributed by atoms with Crippen LogP contribution in [0, 0.1) is 18.8 Å². The molecule has 2 unspecified atom stereocenters. The number of allylic oxidation sites excluding steroid dienone is 2. The van der Waals surface area contributed by atoms with Gasteiger partial charge in [-0.3, -0.25) is 19.2 Å². The van der Waals surface area contributed by atoms with Gasteiger partial charge in [-0.05, 0) is 43.2 Å². The lowest BCUT2D eigenvalue weighted by Gasteiger charge is -2.24. The number of ketones is 3. The molecule has 1 heterocycles. The second-order valence-electron chi connectivity index (χ2n) is 7.24. The number of Topliss-reactive ketones (excluding diaryl/α,β-unsaturated/α-hetero) is 3. The van der Waals surface area contributed by atoms with Crippen LogP contribution < -0.4 is 5.56 Å².